The predicted molar refractivity (Wildman–Crippen MR) is 86.3 cm³/mol. The third kappa shape index (κ3) is 3.68. The highest BCUT2D eigenvalue weighted by atomic mass is 32.2. The smallest absolute Gasteiger partial charge is 0.102 e. The molecule has 0 aliphatic carbocycles. The Morgan fingerprint density at radius 3 is 2.95 bits per heavy atom. The summed E-state index contributed by atoms with van der Waals surface area (Å²) in [5.41, 5.74) is 1.78. The molecule has 3 nitrogen and oxygen atoms in total. The fourth-order valence-electron chi connectivity index (χ4n) is 2.69. The third-order valence-electron chi connectivity index (χ3n) is 3.84. The van der Waals surface area contributed by atoms with Gasteiger partial charge in [-0.05, 0) is 43.3 Å². The molecule has 1 aliphatic rings. The van der Waals surface area contributed by atoms with Gasteiger partial charge >= 0.3 is 0 Å². The van der Waals surface area contributed by atoms with Crippen molar-refractivity contribution in [1.82, 2.24) is 4.90 Å². The molecule has 1 unspecified atom stereocenters. The number of nitriles is 1. The van der Waals surface area contributed by atoms with Crippen LogP contribution in [0.5, 0.6) is 0 Å². The molecular weight excluding hydrogens is 266 g/mol. The molecule has 1 aromatic rings. The molecule has 0 radical (unpaired) electrons. The van der Waals surface area contributed by atoms with Crippen LogP contribution < -0.4 is 5.32 Å². The molecule has 2 rings (SSSR count). The predicted octanol–water partition coefficient (Wildman–Crippen LogP) is 3.42. The third-order valence-corrected chi connectivity index (χ3v) is 4.78. The van der Waals surface area contributed by atoms with Crippen LogP contribution in [0, 0.1) is 17.2 Å². The number of rotatable bonds is 6. The Morgan fingerprint density at radius 1 is 1.45 bits per heavy atom. The van der Waals surface area contributed by atoms with Gasteiger partial charge in [0, 0.05) is 18.0 Å². The second-order valence-electron chi connectivity index (χ2n) is 5.15. The number of benzene rings is 1. The Balaban J connectivity index is 1.99. The molecule has 1 aromatic carbocycles. The van der Waals surface area contributed by atoms with E-state index >= 15 is 0 Å². The van der Waals surface area contributed by atoms with Crippen LogP contribution in [0.3, 0.4) is 0 Å². The average molecular weight is 289 g/mol. The minimum Gasteiger partial charge on any atom is -0.384 e. The van der Waals surface area contributed by atoms with Gasteiger partial charge in [-0.2, -0.15) is 5.26 Å². The van der Waals surface area contributed by atoms with Crippen molar-refractivity contribution in [2.45, 2.75) is 25.2 Å². The highest BCUT2D eigenvalue weighted by Crippen LogP contribution is 2.28. The highest BCUT2D eigenvalue weighted by Gasteiger charge is 2.21. The van der Waals surface area contributed by atoms with E-state index in [1.807, 2.05) is 18.2 Å². The fraction of sp³-hybridized carbons (Fsp3) is 0.562. The van der Waals surface area contributed by atoms with Crippen molar-refractivity contribution in [2.24, 2.45) is 5.92 Å². The Labute approximate surface area is 126 Å². The number of anilines is 1. The molecule has 0 bridgehead atoms. The van der Waals surface area contributed by atoms with Crippen molar-refractivity contribution in [3.63, 3.8) is 0 Å². The Morgan fingerprint density at radius 2 is 2.30 bits per heavy atom. The Bertz CT molecular complexity index is 481. The van der Waals surface area contributed by atoms with Crippen LogP contribution in [0.1, 0.15) is 25.8 Å². The number of hydrogen-bond acceptors (Lipinski definition) is 4. The molecule has 1 fully saturated rings. The summed E-state index contributed by atoms with van der Waals surface area (Å²) in [6.07, 6.45) is 1.26. The molecule has 1 saturated heterocycles. The number of likely N-dealkylation sites (tertiary alicyclic amines) is 1. The van der Waals surface area contributed by atoms with Gasteiger partial charge in [0.05, 0.1) is 11.3 Å². The summed E-state index contributed by atoms with van der Waals surface area (Å²) in [6, 6.07) is 8.44. The van der Waals surface area contributed by atoms with Gasteiger partial charge in [-0.1, -0.05) is 19.9 Å². The van der Waals surface area contributed by atoms with Gasteiger partial charge in [-0.3, -0.25) is 0 Å². The second-order valence-corrected chi connectivity index (χ2v) is 6.46. The summed E-state index contributed by atoms with van der Waals surface area (Å²) >= 11 is 1.73. The normalized spacial score (nSPS) is 18.9. The number of hydrogen-bond donors (Lipinski definition) is 1. The molecule has 1 heterocycles. The standard InChI is InChI=1S/C16H23N3S/c1-3-19-9-8-13(12-19)11-18-15-6-5-7-16(20-4-2)14(15)10-17/h5-7,13,18H,3-4,8-9,11-12H2,1-2H3. The minimum atomic E-state index is 0.698. The molecule has 0 saturated carbocycles. The largest absolute Gasteiger partial charge is 0.384 e. The van der Waals surface area contributed by atoms with Gasteiger partial charge in [-0.25, -0.2) is 0 Å². The molecule has 0 amide bonds. The van der Waals surface area contributed by atoms with Gasteiger partial charge in [-0.15, -0.1) is 11.8 Å². The van der Waals surface area contributed by atoms with Crippen molar-refractivity contribution in [3.05, 3.63) is 23.8 Å². The Hall–Kier alpha value is -1.18. The molecule has 4 heteroatoms. The van der Waals surface area contributed by atoms with Crippen LogP contribution in [0.4, 0.5) is 5.69 Å². The van der Waals surface area contributed by atoms with Gasteiger partial charge < -0.3 is 10.2 Å². The SMILES string of the molecule is CCSc1cccc(NCC2CCN(CC)C2)c1C#N. The van der Waals surface area contributed by atoms with E-state index in [1.165, 1.54) is 19.5 Å². The van der Waals surface area contributed by atoms with Crippen molar-refractivity contribution in [1.29, 1.82) is 5.26 Å². The molecular formula is C16H23N3S. The highest BCUT2D eigenvalue weighted by molar-refractivity contribution is 7.99. The van der Waals surface area contributed by atoms with Gasteiger partial charge in [0.15, 0.2) is 0 Å². The summed E-state index contributed by atoms with van der Waals surface area (Å²) in [7, 11) is 0. The first-order valence-corrected chi connectivity index (χ1v) is 8.39. The summed E-state index contributed by atoms with van der Waals surface area (Å²) in [4.78, 5) is 3.57. The van der Waals surface area contributed by atoms with Crippen molar-refractivity contribution in [2.75, 3.05) is 37.2 Å². The fourth-order valence-corrected chi connectivity index (χ4v) is 3.48. The van der Waals surface area contributed by atoms with Crippen molar-refractivity contribution >= 4 is 17.4 Å². The Kier molecular flexibility index (Phi) is 5.75. The van der Waals surface area contributed by atoms with E-state index in [2.05, 4.69) is 30.1 Å². The molecule has 108 valence electrons. The number of nitrogens with zero attached hydrogens (tertiary/aromatic N) is 2. The average Bonchev–Trinajstić information content (AvgIpc) is 2.93. The van der Waals surface area contributed by atoms with E-state index in [0.717, 1.165) is 35.0 Å². The lowest BCUT2D eigenvalue weighted by Crippen LogP contribution is -2.22. The quantitative estimate of drug-likeness (QED) is 0.814. The van der Waals surface area contributed by atoms with Crippen LogP contribution >= 0.6 is 11.8 Å². The van der Waals surface area contributed by atoms with E-state index in [-0.39, 0.29) is 0 Å². The van der Waals surface area contributed by atoms with E-state index in [0.29, 0.717) is 5.92 Å². The molecule has 0 spiro atoms. The maximum absolute atomic E-state index is 9.39. The number of nitrogens with one attached hydrogen (secondary N) is 1. The zero-order valence-corrected chi connectivity index (χ0v) is 13.2. The van der Waals surface area contributed by atoms with Crippen LogP contribution in [0.25, 0.3) is 0 Å². The van der Waals surface area contributed by atoms with E-state index < -0.39 is 0 Å². The topological polar surface area (TPSA) is 39.1 Å². The van der Waals surface area contributed by atoms with Crippen LogP contribution in [0.15, 0.2) is 23.1 Å². The van der Waals surface area contributed by atoms with Gasteiger partial charge in [0.1, 0.15) is 6.07 Å². The molecule has 1 aliphatic heterocycles. The van der Waals surface area contributed by atoms with Crippen molar-refractivity contribution < 1.29 is 0 Å². The molecule has 1 atom stereocenters. The van der Waals surface area contributed by atoms with E-state index in [9.17, 15) is 5.26 Å². The minimum absolute atomic E-state index is 0.698. The monoisotopic (exact) mass is 289 g/mol. The van der Waals surface area contributed by atoms with E-state index in [1.54, 1.807) is 11.8 Å². The summed E-state index contributed by atoms with van der Waals surface area (Å²) < 4.78 is 0. The first-order valence-electron chi connectivity index (χ1n) is 7.40. The van der Waals surface area contributed by atoms with Crippen molar-refractivity contribution in [3.8, 4) is 6.07 Å². The lowest BCUT2D eigenvalue weighted by Gasteiger charge is -2.16. The lowest BCUT2D eigenvalue weighted by molar-refractivity contribution is 0.345. The first kappa shape index (κ1) is 15.2. The zero-order chi connectivity index (χ0) is 14.4. The molecule has 0 aromatic heterocycles. The van der Waals surface area contributed by atoms with Crippen LogP contribution in [0.2, 0.25) is 0 Å². The first-order chi connectivity index (χ1) is 9.78. The van der Waals surface area contributed by atoms with Gasteiger partial charge in [0.25, 0.3) is 0 Å². The lowest BCUT2D eigenvalue weighted by atomic mass is 10.1. The molecule has 1 N–H and O–H groups in total. The number of thioether (sulfide) groups is 1. The van der Waals surface area contributed by atoms with E-state index in [4.69, 9.17) is 0 Å². The maximum atomic E-state index is 9.39. The van der Waals surface area contributed by atoms with Gasteiger partial charge in [0.2, 0.25) is 0 Å². The molecule has 20 heavy (non-hydrogen) atoms. The zero-order valence-electron chi connectivity index (χ0n) is 12.4. The summed E-state index contributed by atoms with van der Waals surface area (Å²) in [5.74, 6) is 1.69. The van der Waals surface area contributed by atoms with Crippen LogP contribution in [-0.4, -0.2) is 36.8 Å². The maximum Gasteiger partial charge on any atom is 0.102 e. The second kappa shape index (κ2) is 7.56. The summed E-state index contributed by atoms with van der Waals surface area (Å²) in [5, 5.41) is 12.9. The van der Waals surface area contributed by atoms with Crippen LogP contribution in [-0.2, 0) is 0 Å². The summed E-state index contributed by atoms with van der Waals surface area (Å²) in [6.45, 7) is 8.82.